The lowest BCUT2D eigenvalue weighted by Gasteiger charge is -2.18. The van der Waals surface area contributed by atoms with E-state index in [0.717, 1.165) is 16.2 Å². The van der Waals surface area contributed by atoms with Gasteiger partial charge in [-0.15, -0.1) is 11.3 Å². The summed E-state index contributed by atoms with van der Waals surface area (Å²) >= 11 is 12.6. The number of anilines is 2. The number of sulfonamides is 1. The molecule has 1 aliphatic heterocycles. The third kappa shape index (κ3) is 4.40. The Morgan fingerprint density at radius 3 is 2.39 bits per heavy atom. The molecule has 0 saturated carbocycles. The minimum Gasteiger partial charge on any atom is -0.408 e. The van der Waals surface area contributed by atoms with Crippen LogP contribution >= 0.6 is 34.5 Å². The predicted molar refractivity (Wildman–Crippen MR) is 126 cm³/mol. The number of thiophene rings is 1. The molecule has 3 aromatic rings. The summed E-state index contributed by atoms with van der Waals surface area (Å²) < 4.78 is 27.2. The summed E-state index contributed by atoms with van der Waals surface area (Å²) in [4.78, 5) is 26.6. The quantitative estimate of drug-likeness (QED) is 0.153. The van der Waals surface area contributed by atoms with Crippen molar-refractivity contribution in [1.82, 2.24) is 4.72 Å². The van der Waals surface area contributed by atoms with Gasteiger partial charge in [0.2, 0.25) is 0 Å². The first-order valence-electron chi connectivity index (χ1n) is 9.17. The zero-order valence-corrected chi connectivity index (χ0v) is 19.8. The summed E-state index contributed by atoms with van der Waals surface area (Å²) in [6.07, 6.45) is 0. The highest BCUT2D eigenvalue weighted by Crippen LogP contribution is 2.33. The van der Waals surface area contributed by atoms with Crippen molar-refractivity contribution in [1.29, 1.82) is 0 Å². The average molecular weight is 525 g/mol. The summed E-state index contributed by atoms with van der Waals surface area (Å²) in [5.41, 5.74) is 1.69. The van der Waals surface area contributed by atoms with Crippen LogP contribution in [0.3, 0.4) is 0 Å². The number of amides is 2. The van der Waals surface area contributed by atoms with Gasteiger partial charge >= 0.3 is 0 Å². The van der Waals surface area contributed by atoms with Crippen molar-refractivity contribution in [3.63, 3.8) is 0 Å². The van der Waals surface area contributed by atoms with Crippen LogP contribution in [0.15, 0.2) is 57.9 Å². The summed E-state index contributed by atoms with van der Waals surface area (Å²) in [7, 11) is -4.03. The molecule has 1 aromatic heterocycles. The van der Waals surface area contributed by atoms with Crippen LogP contribution < -0.4 is 14.9 Å². The van der Waals surface area contributed by atoms with Gasteiger partial charge < -0.3 is 10.5 Å². The van der Waals surface area contributed by atoms with Gasteiger partial charge in [-0.05, 0) is 61.0 Å². The standard InChI is InChI=1S/C20H14Cl2N4O5S2/c1-10-8-12(23-20(24-29)25-33(30,31)17-7-6-16(22)32-17)3-5-15(10)26-18(27)13-4-2-11(21)9-14(13)19(26)28/h2-9,29H,1H3,(H2,23,24,25). The molecule has 0 fully saturated rings. The lowest BCUT2D eigenvalue weighted by Crippen LogP contribution is -2.35. The van der Waals surface area contributed by atoms with Crippen molar-refractivity contribution in [3.05, 3.63) is 74.6 Å². The van der Waals surface area contributed by atoms with E-state index in [2.05, 4.69) is 15.2 Å². The second-order valence-electron chi connectivity index (χ2n) is 6.87. The van der Waals surface area contributed by atoms with E-state index in [1.807, 2.05) is 0 Å². The van der Waals surface area contributed by atoms with Crippen molar-refractivity contribution >= 4 is 73.7 Å². The maximum atomic E-state index is 12.8. The first-order chi connectivity index (χ1) is 15.6. The predicted octanol–water partition coefficient (Wildman–Crippen LogP) is 4.30. The van der Waals surface area contributed by atoms with Crippen LogP contribution in [0.4, 0.5) is 11.4 Å². The Kier molecular flexibility index (Phi) is 6.06. The number of nitrogens with zero attached hydrogens (tertiary/aromatic N) is 2. The van der Waals surface area contributed by atoms with Gasteiger partial charge in [0.25, 0.3) is 27.8 Å². The smallest absolute Gasteiger partial charge is 0.273 e. The molecule has 0 bridgehead atoms. The second-order valence-corrected chi connectivity index (χ2v) is 10.9. The summed E-state index contributed by atoms with van der Waals surface area (Å²) in [6.45, 7) is 1.67. The van der Waals surface area contributed by atoms with Gasteiger partial charge in [0.15, 0.2) is 0 Å². The van der Waals surface area contributed by atoms with E-state index in [-0.39, 0.29) is 19.7 Å². The Hall–Kier alpha value is -3.12. The van der Waals surface area contributed by atoms with E-state index < -0.39 is 27.8 Å². The highest BCUT2D eigenvalue weighted by Gasteiger charge is 2.37. The van der Waals surface area contributed by atoms with Gasteiger partial charge in [0, 0.05) is 10.7 Å². The molecule has 0 radical (unpaired) electrons. The van der Waals surface area contributed by atoms with E-state index in [1.54, 1.807) is 13.0 Å². The van der Waals surface area contributed by atoms with Crippen LogP contribution in [-0.4, -0.2) is 31.4 Å². The number of hydrogen-bond donors (Lipinski definition) is 3. The van der Waals surface area contributed by atoms with Crippen molar-refractivity contribution in [2.24, 2.45) is 5.16 Å². The molecular formula is C20H14Cl2N4O5S2. The van der Waals surface area contributed by atoms with Gasteiger partial charge in [-0.3, -0.25) is 9.59 Å². The summed E-state index contributed by atoms with van der Waals surface area (Å²) in [5, 5.41) is 15.2. The molecule has 9 nitrogen and oxygen atoms in total. The molecule has 170 valence electrons. The molecular weight excluding hydrogens is 511 g/mol. The number of aryl methyl sites for hydroxylation is 1. The number of carbonyl (C=O) groups is 2. The molecule has 2 aromatic carbocycles. The van der Waals surface area contributed by atoms with E-state index in [0.29, 0.717) is 22.0 Å². The van der Waals surface area contributed by atoms with E-state index >= 15 is 0 Å². The van der Waals surface area contributed by atoms with E-state index in [1.165, 1.54) is 42.5 Å². The molecule has 0 spiro atoms. The maximum absolute atomic E-state index is 12.8. The molecule has 0 aliphatic carbocycles. The van der Waals surface area contributed by atoms with Crippen LogP contribution in [-0.2, 0) is 10.0 Å². The Morgan fingerprint density at radius 1 is 1.03 bits per heavy atom. The van der Waals surface area contributed by atoms with Gasteiger partial charge in [0.1, 0.15) is 4.21 Å². The maximum Gasteiger partial charge on any atom is 0.273 e. The first-order valence-corrected chi connectivity index (χ1v) is 12.2. The third-order valence-corrected chi connectivity index (χ3v) is 7.99. The van der Waals surface area contributed by atoms with Crippen LogP contribution in [0.5, 0.6) is 0 Å². The normalized spacial score (nSPS) is 13.9. The van der Waals surface area contributed by atoms with Crippen LogP contribution in [0, 0.1) is 6.92 Å². The monoisotopic (exact) mass is 524 g/mol. The van der Waals surface area contributed by atoms with Crippen molar-refractivity contribution in [2.45, 2.75) is 11.1 Å². The number of hydrogen-bond acceptors (Lipinski definition) is 7. The average Bonchev–Trinajstić information content (AvgIpc) is 3.30. The number of oxime groups is 1. The molecule has 13 heteroatoms. The fourth-order valence-electron chi connectivity index (χ4n) is 3.24. The van der Waals surface area contributed by atoms with Gasteiger partial charge in [0.05, 0.1) is 21.2 Å². The summed E-state index contributed by atoms with van der Waals surface area (Å²) in [6, 6.07) is 11.8. The number of benzene rings is 2. The van der Waals surface area contributed by atoms with Crippen molar-refractivity contribution in [2.75, 3.05) is 10.2 Å². The molecule has 0 saturated heterocycles. The minimum atomic E-state index is -4.03. The van der Waals surface area contributed by atoms with Crippen molar-refractivity contribution < 1.29 is 23.2 Å². The number of fused-ring (bicyclic) bond motifs is 1. The molecule has 2 heterocycles. The number of rotatable bonds is 4. The lowest BCUT2D eigenvalue weighted by atomic mass is 10.1. The molecule has 2 amide bonds. The topological polar surface area (TPSA) is 128 Å². The molecule has 4 rings (SSSR count). The molecule has 1 aliphatic rings. The number of imide groups is 1. The molecule has 0 unspecified atom stereocenters. The third-order valence-electron chi connectivity index (χ3n) is 4.69. The van der Waals surface area contributed by atoms with Gasteiger partial charge in [-0.1, -0.05) is 28.4 Å². The highest BCUT2D eigenvalue weighted by atomic mass is 35.5. The highest BCUT2D eigenvalue weighted by molar-refractivity contribution is 7.92. The van der Waals surface area contributed by atoms with Crippen LogP contribution in [0.1, 0.15) is 26.3 Å². The molecule has 33 heavy (non-hydrogen) atoms. The van der Waals surface area contributed by atoms with E-state index in [4.69, 9.17) is 23.2 Å². The largest absolute Gasteiger partial charge is 0.408 e. The number of nitrogens with one attached hydrogen (secondary N) is 2. The van der Waals surface area contributed by atoms with Crippen molar-refractivity contribution in [3.8, 4) is 0 Å². The molecule has 3 N–H and O–H groups in total. The Balaban J connectivity index is 1.56. The van der Waals surface area contributed by atoms with Gasteiger partial charge in [-0.25, -0.2) is 18.0 Å². The number of guanidine groups is 1. The SMILES string of the molecule is Cc1cc(N/C(=N/O)NS(=O)(=O)c2ccc(Cl)s2)ccc1N1C(=O)c2ccc(Cl)cc2C1=O. The first kappa shape index (κ1) is 23.1. The lowest BCUT2D eigenvalue weighted by molar-refractivity contribution is 0.0926. The molecule has 0 atom stereocenters. The number of carbonyl (C=O) groups excluding carboxylic acids is 2. The van der Waals surface area contributed by atoms with Crippen LogP contribution in [0.2, 0.25) is 9.36 Å². The zero-order valence-electron chi connectivity index (χ0n) is 16.7. The van der Waals surface area contributed by atoms with Gasteiger partial charge in [-0.2, -0.15) is 0 Å². The Labute approximate surface area is 202 Å². The Bertz CT molecular complexity index is 1440. The number of halogens is 2. The Morgan fingerprint density at radius 2 is 1.76 bits per heavy atom. The van der Waals surface area contributed by atoms with E-state index in [9.17, 15) is 23.2 Å². The zero-order chi connectivity index (χ0) is 23.9. The fourth-order valence-corrected chi connectivity index (χ4v) is 5.86. The minimum absolute atomic E-state index is 0.0623. The second kappa shape index (κ2) is 8.67. The van der Waals surface area contributed by atoms with Crippen LogP contribution in [0.25, 0.3) is 0 Å². The fraction of sp³-hybridized carbons (Fsp3) is 0.0500. The summed E-state index contributed by atoms with van der Waals surface area (Å²) in [5.74, 6) is -1.43.